The Balaban J connectivity index is 1.64. The van der Waals surface area contributed by atoms with E-state index in [1.165, 1.54) is 47.5 Å². The predicted octanol–water partition coefficient (Wildman–Crippen LogP) is 3.57. The minimum Gasteiger partial charge on any atom is -0.483 e. The molecule has 19 nitrogen and oxygen atoms in total. The second-order valence-electron chi connectivity index (χ2n) is 20.6. The lowest BCUT2D eigenvalue weighted by Crippen LogP contribution is -2.70. The molecular formula is C48H83N5O14S2. The van der Waals surface area contributed by atoms with E-state index in [1.807, 2.05) is 26.2 Å². The van der Waals surface area contributed by atoms with Crippen LogP contribution >= 0.6 is 11.3 Å². The molecule has 0 saturated carbocycles. The maximum Gasteiger partial charge on any atom is 0.311 e. The highest BCUT2D eigenvalue weighted by Gasteiger charge is 2.59. The van der Waals surface area contributed by atoms with E-state index < -0.39 is 118 Å². The highest BCUT2D eigenvalue weighted by Crippen LogP contribution is 2.44. The molecule has 0 aromatic carbocycles. The molecule has 69 heavy (non-hydrogen) atoms. The lowest BCUT2D eigenvalue weighted by atomic mass is 9.75. The number of sulfonamides is 1. The number of thiophene rings is 1. The average Bonchev–Trinajstić information content (AvgIpc) is 3.98. The standard InChI is InChI=1S/C48H83N5O14S2/c1-15-18-49-27-48(58)33(8)63-37(24-46(48,10)61-14)66-38-30(5)41(45(9,56)23-28(3)25-51-32(7)40(54)47(11,57)36(16-2)65-42(55)31(38)6)67-43-39(64-34-17-21-68-26-34)35(22-29(4)62-43)53(13)69(59,60)44-50-19-20-52(44)12/h17,19-21,26,28-33,35-41,43,49,51,54,56-58H,15-16,18,22-25,27H2,1-14H3/t28-,29-,30+,31-,32-,33-,35+,36-,37?,38+,39-,40-,41-,43+,45-,46+,47-,48-/m1/s1. The van der Waals surface area contributed by atoms with Crippen molar-refractivity contribution in [2.75, 3.05) is 33.8 Å². The van der Waals surface area contributed by atoms with Crippen LogP contribution in [-0.2, 0) is 50.3 Å². The second kappa shape index (κ2) is 23.2. The van der Waals surface area contributed by atoms with E-state index in [9.17, 15) is 33.6 Å². The number of aromatic nitrogens is 2. The van der Waals surface area contributed by atoms with E-state index >= 15 is 0 Å². The van der Waals surface area contributed by atoms with Crippen LogP contribution in [0.15, 0.2) is 34.4 Å². The van der Waals surface area contributed by atoms with Crippen molar-refractivity contribution < 1.29 is 66.8 Å². The molecule has 0 amide bonds. The Kier molecular flexibility index (Phi) is 19.4. The van der Waals surface area contributed by atoms with Gasteiger partial charge in [0.2, 0.25) is 5.16 Å². The van der Waals surface area contributed by atoms with Crippen LogP contribution in [0.4, 0.5) is 0 Å². The van der Waals surface area contributed by atoms with Crippen molar-refractivity contribution in [3.05, 3.63) is 29.2 Å². The number of hydrogen-bond donors (Lipinski definition) is 6. The van der Waals surface area contributed by atoms with Crippen molar-refractivity contribution in [1.29, 1.82) is 0 Å². The van der Waals surface area contributed by atoms with Crippen molar-refractivity contribution in [3.8, 4) is 5.75 Å². The zero-order valence-electron chi connectivity index (χ0n) is 43.2. The van der Waals surface area contributed by atoms with Gasteiger partial charge in [-0.05, 0) is 105 Å². The topological polar surface area (TPSA) is 242 Å². The first-order valence-electron chi connectivity index (χ1n) is 24.5. The normalized spacial score (nSPS) is 41.3. The van der Waals surface area contributed by atoms with Crippen LogP contribution in [-0.4, -0.2) is 172 Å². The Morgan fingerprint density at radius 1 is 1.04 bits per heavy atom. The average molecular weight is 1020 g/mol. The van der Waals surface area contributed by atoms with Gasteiger partial charge >= 0.3 is 5.97 Å². The number of carbonyl (C=O) groups is 1. The number of cyclic esters (lactones) is 1. The molecule has 21 heteroatoms. The van der Waals surface area contributed by atoms with Gasteiger partial charge in [-0.25, -0.2) is 13.4 Å². The van der Waals surface area contributed by atoms with E-state index in [0.717, 1.165) is 6.42 Å². The summed E-state index contributed by atoms with van der Waals surface area (Å²) >= 11 is 1.39. The lowest BCUT2D eigenvalue weighted by molar-refractivity contribution is -0.335. The zero-order valence-corrected chi connectivity index (χ0v) is 44.8. The van der Waals surface area contributed by atoms with Gasteiger partial charge in [-0.15, -0.1) is 11.3 Å². The summed E-state index contributed by atoms with van der Waals surface area (Å²) in [5.41, 5.74) is -6.31. The Hall–Kier alpha value is -2.35. The number of nitrogens with one attached hydrogen (secondary N) is 2. The Morgan fingerprint density at radius 2 is 1.74 bits per heavy atom. The summed E-state index contributed by atoms with van der Waals surface area (Å²) < 4.78 is 77.4. The van der Waals surface area contributed by atoms with E-state index in [0.29, 0.717) is 18.8 Å². The van der Waals surface area contributed by atoms with E-state index in [1.54, 1.807) is 73.2 Å². The molecule has 1 unspecified atom stereocenters. The number of aryl methyl sites for hydroxylation is 1. The monoisotopic (exact) mass is 1020 g/mol. The van der Waals surface area contributed by atoms with Crippen molar-refractivity contribution in [2.45, 2.75) is 203 Å². The van der Waals surface area contributed by atoms with Crippen LogP contribution in [0, 0.1) is 17.8 Å². The summed E-state index contributed by atoms with van der Waals surface area (Å²) in [4.78, 5) is 18.8. The Labute approximate surface area is 413 Å². The number of nitrogens with zero attached hydrogens (tertiary/aromatic N) is 3. The van der Waals surface area contributed by atoms with Gasteiger partial charge in [0.05, 0.1) is 42.0 Å². The number of rotatable bonds is 15. The zero-order chi connectivity index (χ0) is 51.4. The van der Waals surface area contributed by atoms with Gasteiger partial charge in [0.1, 0.15) is 34.8 Å². The van der Waals surface area contributed by atoms with Gasteiger partial charge in [-0.2, -0.15) is 4.31 Å². The van der Waals surface area contributed by atoms with E-state index in [2.05, 4.69) is 15.6 Å². The van der Waals surface area contributed by atoms with Crippen molar-refractivity contribution in [2.24, 2.45) is 24.8 Å². The van der Waals surface area contributed by atoms with Crippen molar-refractivity contribution in [1.82, 2.24) is 24.5 Å². The molecule has 3 fully saturated rings. The van der Waals surface area contributed by atoms with Crippen LogP contribution < -0.4 is 15.4 Å². The Morgan fingerprint density at radius 3 is 2.33 bits per heavy atom. The fourth-order valence-electron chi connectivity index (χ4n) is 10.6. The molecule has 0 spiro atoms. The SMILES string of the molecule is CCCNC[C@@]1(O)[C@@H](C)OC(O[C@H]2[C@H](C)[C@@H](O[C@@H]3O[C@H](C)C[C@H](N(C)S(=O)(=O)c4nccn4C)[C@H]3Oc3ccsc3)[C@](C)(O)C[C@@H](C)CN[C@H](C)[C@@H](O)[C@](C)(O)[C@@H](CC)OC(=O)[C@@H]2C)C[C@]1(C)OC. The summed E-state index contributed by atoms with van der Waals surface area (Å²) in [6.07, 6.45) is -5.46. The molecule has 3 saturated heterocycles. The van der Waals surface area contributed by atoms with Gasteiger partial charge in [-0.3, -0.25) is 4.79 Å². The molecule has 0 aliphatic carbocycles. The first kappa shape index (κ1) is 57.5. The third-order valence-electron chi connectivity index (χ3n) is 14.9. The molecule has 3 aliphatic rings. The van der Waals surface area contributed by atoms with Crippen LogP contribution in [0.2, 0.25) is 0 Å². The number of imidazole rings is 1. The Bertz CT molecular complexity index is 2040. The van der Waals surface area contributed by atoms with Crippen LogP contribution in [0.3, 0.4) is 0 Å². The van der Waals surface area contributed by atoms with Crippen molar-refractivity contribution in [3.63, 3.8) is 0 Å². The summed E-state index contributed by atoms with van der Waals surface area (Å²) in [7, 11) is 0.388. The molecule has 2 aromatic heterocycles. The number of hydrogen-bond acceptors (Lipinski definition) is 18. The van der Waals surface area contributed by atoms with Crippen LogP contribution in [0.25, 0.3) is 0 Å². The molecular weight excluding hydrogens is 935 g/mol. The number of aliphatic hydroxyl groups excluding tert-OH is 1. The smallest absolute Gasteiger partial charge is 0.311 e. The molecule has 0 radical (unpaired) electrons. The molecule has 3 aliphatic heterocycles. The van der Waals surface area contributed by atoms with Gasteiger partial charge in [0.25, 0.3) is 10.0 Å². The van der Waals surface area contributed by atoms with Gasteiger partial charge in [-0.1, -0.05) is 27.7 Å². The second-order valence-corrected chi connectivity index (χ2v) is 23.3. The number of esters is 1. The minimum absolute atomic E-state index is 0.0302. The molecule has 6 N–H and O–H groups in total. The fourth-order valence-corrected chi connectivity index (χ4v) is 12.6. The number of ether oxygens (including phenoxy) is 7. The number of likely N-dealkylation sites (N-methyl/N-ethyl adjacent to an activating group) is 1. The summed E-state index contributed by atoms with van der Waals surface area (Å²) in [6.45, 7) is 20.4. The first-order valence-corrected chi connectivity index (χ1v) is 26.9. The van der Waals surface area contributed by atoms with Crippen LogP contribution in [0.1, 0.15) is 108 Å². The number of carbonyl (C=O) groups excluding carboxylic acids is 1. The maximum absolute atomic E-state index is 14.7. The molecule has 396 valence electrons. The van der Waals surface area contributed by atoms with E-state index in [4.69, 9.17) is 33.2 Å². The third kappa shape index (κ3) is 12.5. The minimum atomic E-state index is -4.20. The van der Waals surface area contributed by atoms with Crippen molar-refractivity contribution >= 4 is 27.3 Å². The fraction of sp³-hybridized carbons (Fsp3) is 0.833. The van der Waals surface area contributed by atoms with Gasteiger partial charge in [0.15, 0.2) is 18.7 Å². The maximum atomic E-state index is 14.7. The predicted molar refractivity (Wildman–Crippen MR) is 259 cm³/mol. The summed E-state index contributed by atoms with van der Waals surface area (Å²) in [5.74, 6) is -2.61. The lowest BCUT2D eigenvalue weighted by Gasteiger charge is -2.53. The largest absolute Gasteiger partial charge is 0.483 e. The van der Waals surface area contributed by atoms with E-state index in [-0.39, 0.29) is 43.3 Å². The van der Waals surface area contributed by atoms with Gasteiger partial charge < -0.3 is 68.8 Å². The van der Waals surface area contributed by atoms with Gasteiger partial charge in [0, 0.05) is 63.9 Å². The third-order valence-corrected chi connectivity index (χ3v) is 17.5. The highest BCUT2D eigenvalue weighted by molar-refractivity contribution is 7.89. The summed E-state index contributed by atoms with van der Waals surface area (Å²) in [6, 6.07) is 0.231. The number of methoxy groups -OCH3 is 1. The number of aliphatic hydroxyl groups is 4. The first-order chi connectivity index (χ1) is 32.2. The molecule has 0 bridgehead atoms. The molecule has 5 heterocycles. The molecule has 2 aromatic rings. The quantitative estimate of drug-likeness (QED) is 0.110. The summed E-state index contributed by atoms with van der Waals surface area (Å²) in [5, 5.41) is 58.7. The molecule has 18 atom stereocenters. The molecule has 5 rings (SSSR count). The highest BCUT2D eigenvalue weighted by atomic mass is 32.2. The van der Waals surface area contributed by atoms with Crippen LogP contribution in [0.5, 0.6) is 5.75 Å².